The van der Waals surface area contributed by atoms with Crippen molar-refractivity contribution in [3.63, 3.8) is 0 Å². The number of piperidine rings is 1. The first-order chi connectivity index (χ1) is 18.6. The third kappa shape index (κ3) is 6.11. The number of nitrogens with zero attached hydrogens (tertiary/aromatic N) is 6. The van der Waals surface area contributed by atoms with Crippen molar-refractivity contribution in [3.05, 3.63) is 54.9 Å². The Hall–Kier alpha value is -3.39. The summed E-state index contributed by atoms with van der Waals surface area (Å²) in [6, 6.07) is 4.97. The zero-order chi connectivity index (χ0) is 27.6. The van der Waals surface area contributed by atoms with Gasteiger partial charge in [-0.2, -0.15) is 5.10 Å². The summed E-state index contributed by atoms with van der Waals surface area (Å²) in [5.41, 5.74) is 1.69. The predicted molar refractivity (Wildman–Crippen MR) is 142 cm³/mol. The van der Waals surface area contributed by atoms with Crippen LogP contribution >= 0.6 is 0 Å². The minimum atomic E-state index is -3.95. The van der Waals surface area contributed by atoms with Gasteiger partial charge in [-0.3, -0.25) is 9.48 Å². The number of nitrogens with one attached hydrogen (secondary N) is 1. The first kappa shape index (κ1) is 27.2. The minimum absolute atomic E-state index is 0.0168. The number of carbonyl (C=O) groups is 1. The van der Waals surface area contributed by atoms with E-state index in [1.807, 2.05) is 25.2 Å². The molecule has 0 bridgehead atoms. The third-order valence-corrected chi connectivity index (χ3v) is 8.82. The second-order valence-electron chi connectivity index (χ2n) is 10.5. The number of ether oxygens (including phenoxy) is 1. The summed E-state index contributed by atoms with van der Waals surface area (Å²) in [7, 11) is -0.229. The summed E-state index contributed by atoms with van der Waals surface area (Å²) in [5, 5.41) is 14.8. The number of amides is 1. The highest BCUT2D eigenvalue weighted by atomic mass is 32.2. The van der Waals surface area contributed by atoms with Crippen molar-refractivity contribution in [1.82, 2.24) is 34.3 Å². The number of aromatic nitrogens is 4. The molecule has 1 aromatic carbocycles. The zero-order valence-electron chi connectivity index (χ0n) is 22.0. The van der Waals surface area contributed by atoms with Crippen molar-refractivity contribution < 1.29 is 23.1 Å². The maximum atomic E-state index is 13.2. The highest BCUT2D eigenvalue weighted by Gasteiger charge is 2.39. The lowest BCUT2D eigenvalue weighted by atomic mass is 9.78. The summed E-state index contributed by atoms with van der Waals surface area (Å²) in [6.07, 6.45) is 8.38. The molecule has 208 valence electrons. The topological polar surface area (TPSA) is 143 Å². The average Bonchev–Trinajstić information content (AvgIpc) is 3.37. The van der Waals surface area contributed by atoms with Gasteiger partial charge in [-0.05, 0) is 37.6 Å². The number of aryl methyl sites for hydroxylation is 1. The molecular formula is C26H33N7O5S. The molecule has 2 aromatic heterocycles. The number of aliphatic hydroxyl groups is 1. The van der Waals surface area contributed by atoms with Crippen molar-refractivity contribution in [2.24, 2.45) is 12.5 Å². The second-order valence-corrected chi connectivity index (χ2v) is 12.2. The molecule has 1 saturated heterocycles. The Morgan fingerprint density at radius 1 is 1.13 bits per heavy atom. The molecule has 1 unspecified atom stereocenters. The Labute approximate surface area is 227 Å². The van der Waals surface area contributed by atoms with Crippen LogP contribution in [0, 0.1) is 5.41 Å². The van der Waals surface area contributed by atoms with Gasteiger partial charge in [0.1, 0.15) is 17.0 Å². The summed E-state index contributed by atoms with van der Waals surface area (Å²) in [5.74, 6) is 0.118. The van der Waals surface area contributed by atoms with E-state index in [4.69, 9.17) is 4.74 Å². The Kier molecular flexibility index (Phi) is 7.67. The van der Waals surface area contributed by atoms with Crippen molar-refractivity contribution in [2.75, 3.05) is 46.4 Å². The first-order valence-electron chi connectivity index (χ1n) is 12.8. The Morgan fingerprint density at radius 2 is 1.87 bits per heavy atom. The average molecular weight is 556 g/mol. The van der Waals surface area contributed by atoms with E-state index in [1.165, 1.54) is 24.8 Å². The van der Waals surface area contributed by atoms with Crippen LogP contribution in [0.4, 0.5) is 0 Å². The number of aliphatic hydroxyl groups excluding tert-OH is 1. The van der Waals surface area contributed by atoms with Crippen LogP contribution in [-0.4, -0.2) is 101 Å². The summed E-state index contributed by atoms with van der Waals surface area (Å²) >= 11 is 0. The van der Waals surface area contributed by atoms with Crippen LogP contribution in [0.1, 0.15) is 23.2 Å². The molecule has 0 radical (unpaired) electrons. The standard InChI is InChI=1S/C26H33N7O5S/c1-31-15-22(34)13-30-39(36,37)24-4-3-19(21-12-29-32(2)14-21)9-23(24)38-17-26(16-31)5-7-33(8-6-26)25(35)20-10-27-18-28-11-20/h3-4,9-12,14,18,22,30,34H,5-8,13,15-17H2,1-2H3. The molecule has 0 aliphatic carbocycles. The van der Waals surface area contributed by atoms with Gasteiger partial charge in [-0.15, -0.1) is 0 Å². The maximum absolute atomic E-state index is 13.2. The van der Waals surface area contributed by atoms with Gasteiger partial charge in [0.25, 0.3) is 5.91 Å². The first-order valence-corrected chi connectivity index (χ1v) is 14.3. The lowest BCUT2D eigenvalue weighted by molar-refractivity contribution is 0.0159. The van der Waals surface area contributed by atoms with Gasteiger partial charge >= 0.3 is 0 Å². The fourth-order valence-electron chi connectivity index (χ4n) is 5.29. The SMILES string of the molecule is CN1CC(O)CNS(=O)(=O)c2ccc(-c3cnn(C)c3)cc2OCC2(CCN(C(=O)c3cncnc3)CC2)C1. The number of sulfonamides is 1. The number of likely N-dealkylation sites (N-methyl/N-ethyl adjacent to an activating group) is 1. The van der Waals surface area contributed by atoms with E-state index in [2.05, 4.69) is 19.8 Å². The lowest BCUT2D eigenvalue weighted by Crippen LogP contribution is -2.51. The van der Waals surface area contributed by atoms with E-state index in [0.29, 0.717) is 44.6 Å². The normalized spacial score (nSPS) is 21.8. The number of hydrogen-bond acceptors (Lipinski definition) is 9. The highest BCUT2D eigenvalue weighted by molar-refractivity contribution is 7.89. The number of carbonyl (C=O) groups excluding carboxylic acids is 1. The van der Waals surface area contributed by atoms with Crippen molar-refractivity contribution in [2.45, 2.75) is 23.8 Å². The van der Waals surface area contributed by atoms with Gasteiger partial charge in [-0.25, -0.2) is 23.1 Å². The summed E-state index contributed by atoms with van der Waals surface area (Å²) < 4.78 is 37.0. The van der Waals surface area contributed by atoms with Crippen molar-refractivity contribution in [3.8, 4) is 16.9 Å². The number of fused-ring (bicyclic) bond motifs is 1. The third-order valence-electron chi connectivity index (χ3n) is 7.36. The predicted octanol–water partition coefficient (Wildman–Crippen LogP) is 0.763. The van der Waals surface area contributed by atoms with E-state index in [0.717, 1.165) is 11.1 Å². The van der Waals surface area contributed by atoms with Crippen molar-refractivity contribution in [1.29, 1.82) is 0 Å². The highest BCUT2D eigenvalue weighted by Crippen LogP contribution is 2.37. The fraction of sp³-hybridized carbons (Fsp3) is 0.462. The Balaban J connectivity index is 1.44. The molecule has 5 rings (SSSR count). The van der Waals surface area contributed by atoms with E-state index >= 15 is 0 Å². The molecule has 2 aliphatic heterocycles. The zero-order valence-corrected chi connectivity index (χ0v) is 22.8. The lowest BCUT2D eigenvalue weighted by Gasteiger charge is -2.44. The monoisotopic (exact) mass is 555 g/mol. The van der Waals surface area contributed by atoms with Crippen LogP contribution in [0.15, 0.2) is 54.2 Å². The molecule has 4 heterocycles. The van der Waals surface area contributed by atoms with Gasteiger partial charge in [0.2, 0.25) is 10.0 Å². The number of likely N-dealkylation sites (tertiary alicyclic amines) is 1. The maximum Gasteiger partial charge on any atom is 0.256 e. The molecule has 2 N–H and O–H groups in total. The molecule has 2 aliphatic rings. The Morgan fingerprint density at radius 3 is 2.56 bits per heavy atom. The van der Waals surface area contributed by atoms with Crippen LogP contribution in [0.2, 0.25) is 0 Å². The van der Waals surface area contributed by atoms with Gasteiger partial charge in [0.15, 0.2) is 0 Å². The molecule has 1 spiro atoms. The molecule has 1 amide bonds. The van der Waals surface area contributed by atoms with Crippen LogP contribution in [-0.2, 0) is 17.1 Å². The van der Waals surface area contributed by atoms with E-state index in [9.17, 15) is 18.3 Å². The van der Waals surface area contributed by atoms with Gasteiger partial charge in [-0.1, -0.05) is 6.07 Å². The second kappa shape index (κ2) is 11.0. The van der Waals surface area contributed by atoms with Gasteiger partial charge in [0.05, 0.1) is 24.5 Å². The van der Waals surface area contributed by atoms with E-state index < -0.39 is 16.1 Å². The quantitative estimate of drug-likeness (QED) is 0.469. The molecule has 1 atom stereocenters. The number of β-amino-alcohol motifs (C(OH)–C–C–N with tert-alkyl or cyclic N) is 1. The van der Waals surface area contributed by atoms with Crippen LogP contribution < -0.4 is 9.46 Å². The molecule has 0 saturated carbocycles. The van der Waals surface area contributed by atoms with Gasteiger partial charge < -0.3 is 19.6 Å². The minimum Gasteiger partial charge on any atom is -0.492 e. The molecule has 3 aromatic rings. The molecular weight excluding hydrogens is 522 g/mol. The fourth-order valence-corrected chi connectivity index (χ4v) is 6.49. The Bertz CT molecular complexity index is 1420. The van der Waals surface area contributed by atoms with Gasteiger partial charge in [0, 0.05) is 69.3 Å². The number of benzene rings is 1. The number of hydrogen-bond donors (Lipinski definition) is 2. The largest absolute Gasteiger partial charge is 0.492 e. The molecule has 13 heteroatoms. The molecule has 39 heavy (non-hydrogen) atoms. The van der Waals surface area contributed by atoms with Crippen molar-refractivity contribution >= 4 is 15.9 Å². The van der Waals surface area contributed by atoms with E-state index in [-0.39, 0.29) is 35.1 Å². The molecule has 1 fully saturated rings. The van der Waals surface area contributed by atoms with Crippen LogP contribution in [0.3, 0.4) is 0 Å². The smallest absolute Gasteiger partial charge is 0.256 e. The number of rotatable bonds is 2. The summed E-state index contributed by atoms with van der Waals surface area (Å²) in [6.45, 7) is 2.06. The van der Waals surface area contributed by atoms with Crippen LogP contribution in [0.5, 0.6) is 5.75 Å². The summed E-state index contributed by atoms with van der Waals surface area (Å²) in [4.78, 5) is 24.7. The van der Waals surface area contributed by atoms with E-state index in [1.54, 1.807) is 27.9 Å². The van der Waals surface area contributed by atoms with Crippen LogP contribution in [0.25, 0.3) is 11.1 Å². The molecule has 12 nitrogen and oxygen atoms in total.